The van der Waals surface area contributed by atoms with Crippen molar-refractivity contribution in [2.24, 2.45) is 0 Å². The zero-order valence-corrected chi connectivity index (χ0v) is 17.3. The number of para-hydroxylation sites is 1. The van der Waals surface area contributed by atoms with Gasteiger partial charge in [-0.1, -0.05) is 41.6 Å². The molecular weight excluding hydrogens is 408 g/mol. The lowest BCUT2D eigenvalue weighted by Gasteiger charge is -2.24. The average Bonchev–Trinajstić information content (AvgIpc) is 3.09. The Balaban J connectivity index is 1.78. The number of nitriles is 1. The van der Waals surface area contributed by atoms with E-state index in [2.05, 4.69) is 16.3 Å². The Labute approximate surface area is 178 Å². The van der Waals surface area contributed by atoms with E-state index in [1.165, 1.54) is 16.4 Å². The molecule has 0 aliphatic rings. The number of carbonyl (C=O) groups is 1. The van der Waals surface area contributed by atoms with Crippen LogP contribution >= 0.6 is 23.4 Å². The summed E-state index contributed by atoms with van der Waals surface area (Å²) in [6, 6.07) is 18.5. The van der Waals surface area contributed by atoms with Crippen LogP contribution in [0.3, 0.4) is 0 Å². The van der Waals surface area contributed by atoms with Gasteiger partial charge in [-0.05, 0) is 43.3 Å². The molecule has 1 atom stereocenters. The minimum absolute atomic E-state index is 0.132. The Bertz CT molecular complexity index is 1020. The summed E-state index contributed by atoms with van der Waals surface area (Å²) in [5.41, 5.74) is 1.52. The number of anilines is 1. The number of thioether (sulfide) groups is 1. The number of rotatable bonds is 7. The van der Waals surface area contributed by atoms with Gasteiger partial charge in [-0.2, -0.15) is 5.26 Å². The topological polar surface area (TPSA) is 101 Å². The van der Waals surface area contributed by atoms with Crippen molar-refractivity contribution in [1.82, 2.24) is 14.9 Å². The number of hydrogen-bond acceptors (Lipinski definition) is 6. The van der Waals surface area contributed by atoms with Crippen molar-refractivity contribution in [3.8, 4) is 17.5 Å². The summed E-state index contributed by atoms with van der Waals surface area (Å²) in [6.45, 7) is 2.10. The van der Waals surface area contributed by atoms with Gasteiger partial charge in [0, 0.05) is 22.8 Å². The molecule has 0 saturated carbocycles. The van der Waals surface area contributed by atoms with Gasteiger partial charge in [0.05, 0.1) is 17.7 Å². The highest BCUT2D eigenvalue weighted by molar-refractivity contribution is 8.00. The Hall–Kier alpha value is -3.02. The van der Waals surface area contributed by atoms with Crippen molar-refractivity contribution < 1.29 is 4.79 Å². The molecular formula is C20H19ClN6OS. The van der Waals surface area contributed by atoms with Crippen LogP contribution in [0.5, 0.6) is 0 Å². The SMILES string of the molecule is C[C@@H](Sc1nnc(-c2ccc(Cl)cc2)n1N)C(=O)N(CCC#N)c1ccccc1. The fourth-order valence-electron chi connectivity index (χ4n) is 2.72. The highest BCUT2D eigenvalue weighted by atomic mass is 35.5. The summed E-state index contributed by atoms with van der Waals surface area (Å²) in [4.78, 5) is 14.7. The molecule has 0 unspecified atom stereocenters. The fraction of sp³-hybridized carbons (Fsp3) is 0.200. The molecule has 29 heavy (non-hydrogen) atoms. The van der Waals surface area contributed by atoms with Crippen molar-refractivity contribution in [3.05, 3.63) is 59.6 Å². The molecule has 1 amide bonds. The number of nitrogens with zero attached hydrogens (tertiary/aromatic N) is 5. The lowest BCUT2D eigenvalue weighted by molar-refractivity contribution is -0.117. The molecule has 1 heterocycles. The number of amides is 1. The van der Waals surface area contributed by atoms with E-state index in [-0.39, 0.29) is 12.3 Å². The summed E-state index contributed by atoms with van der Waals surface area (Å²) in [7, 11) is 0. The third kappa shape index (κ3) is 4.88. The van der Waals surface area contributed by atoms with Gasteiger partial charge in [-0.15, -0.1) is 10.2 Å². The second-order valence-electron chi connectivity index (χ2n) is 6.18. The molecule has 0 fully saturated rings. The number of carbonyl (C=O) groups excluding carboxylic acids is 1. The molecule has 3 aromatic rings. The van der Waals surface area contributed by atoms with Gasteiger partial charge in [0.1, 0.15) is 0 Å². The third-order valence-corrected chi connectivity index (χ3v) is 5.47. The molecule has 7 nitrogen and oxygen atoms in total. The molecule has 0 bridgehead atoms. The van der Waals surface area contributed by atoms with Crippen molar-refractivity contribution in [2.75, 3.05) is 17.3 Å². The van der Waals surface area contributed by atoms with E-state index in [0.717, 1.165) is 11.3 Å². The maximum absolute atomic E-state index is 13.1. The van der Waals surface area contributed by atoms with Crippen LogP contribution in [0.25, 0.3) is 11.4 Å². The molecule has 1 aromatic heterocycles. The summed E-state index contributed by atoms with van der Waals surface area (Å²) < 4.78 is 1.36. The third-order valence-electron chi connectivity index (χ3n) is 4.18. The predicted octanol–water partition coefficient (Wildman–Crippen LogP) is 3.74. The van der Waals surface area contributed by atoms with Gasteiger partial charge < -0.3 is 10.7 Å². The average molecular weight is 427 g/mol. The number of aromatic nitrogens is 3. The quantitative estimate of drug-likeness (QED) is 0.456. The van der Waals surface area contributed by atoms with Crippen molar-refractivity contribution in [3.63, 3.8) is 0 Å². The van der Waals surface area contributed by atoms with Crippen molar-refractivity contribution in [2.45, 2.75) is 23.8 Å². The first-order chi connectivity index (χ1) is 14.0. The normalized spacial score (nSPS) is 11.6. The smallest absolute Gasteiger partial charge is 0.240 e. The lowest BCUT2D eigenvalue weighted by atomic mass is 10.2. The van der Waals surface area contributed by atoms with Crippen LogP contribution < -0.4 is 10.7 Å². The Morgan fingerprint density at radius 3 is 2.59 bits per heavy atom. The lowest BCUT2D eigenvalue weighted by Crippen LogP contribution is -2.37. The van der Waals surface area contributed by atoms with Crippen LogP contribution in [0.1, 0.15) is 13.3 Å². The minimum Gasteiger partial charge on any atom is -0.335 e. The minimum atomic E-state index is -0.474. The van der Waals surface area contributed by atoms with Crippen LogP contribution in [0.4, 0.5) is 5.69 Å². The first kappa shape index (κ1) is 20.7. The number of nitrogen functional groups attached to an aromatic ring is 1. The fourth-order valence-corrected chi connectivity index (χ4v) is 3.68. The molecule has 0 aliphatic heterocycles. The van der Waals surface area contributed by atoms with Crippen LogP contribution in [0, 0.1) is 11.3 Å². The van der Waals surface area contributed by atoms with Crippen molar-refractivity contribution in [1.29, 1.82) is 5.26 Å². The van der Waals surface area contributed by atoms with Crippen LogP contribution in [-0.4, -0.2) is 32.6 Å². The maximum atomic E-state index is 13.1. The van der Waals surface area contributed by atoms with Gasteiger partial charge in [0.15, 0.2) is 5.82 Å². The van der Waals surface area contributed by atoms with Gasteiger partial charge in [-0.25, -0.2) is 4.68 Å². The summed E-state index contributed by atoms with van der Waals surface area (Å²) >= 11 is 7.14. The van der Waals surface area contributed by atoms with Crippen molar-refractivity contribution >= 4 is 35.0 Å². The predicted molar refractivity (Wildman–Crippen MR) is 115 cm³/mol. The zero-order chi connectivity index (χ0) is 20.8. The molecule has 0 spiro atoms. The maximum Gasteiger partial charge on any atom is 0.240 e. The molecule has 9 heteroatoms. The van der Waals surface area contributed by atoms with Gasteiger partial charge >= 0.3 is 0 Å². The van der Waals surface area contributed by atoms with Crippen LogP contribution in [-0.2, 0) is 4.79 Å². The zero-order valence-electron chi connectivity index (χ0n) is 15.7. The van der Waals surface area contributed by atoms with Crippen LogP contribution in [0.2, 0.25) is 5.02 Å². The standard InChI is InChI=1S/C20H19ClN6OS/c1-14(19(28)26(13-5-12-22)17-6-3-2-4-7-17)29-20-25-24-18(27(20)23)15-8-10-16(21)11-9-15/h2-4,6-11,14H,5,13,23H2,1H3/t14-/m1/s1. The molecule has 0 aliphatic carbocycles. The van der Waals surface area contributed by atoms with E-state index < -0.39 is 5.25 Å². The Kier molecular flexibility index (Phi) is 6.75. The van der Waals surface area contributed by atoms with Gasteiger partial charge in [0.2, 0.25) is 11.1 Å². The Morgan fingerprint density at radius 2 is 1.93 bits per heavy atom. The summed E-state index contributed by atoms with van der Waals surface area (Å²) in [5.74, 6) is 6.51. The van der Waals surface area contributed by atoms with Gasteiger partial charge in [-0.3, -0.25) is 4.79 Å². The molecule has 0 saturated heterocycles. The van der Waals surface area contributed by atoms with Crippen LogP contribution in [0.15, 0.2) is 59.8 Å². The van der Waals surface area contributed by atoms with E-state index >= 15 is 0 Å². The number of halogens is 1. The first-order valence-electron chi connectivity index (χ1n) is 8.87. The van der Waals surface area contributed by atoms with Gasteiger partial charge in [0.25, 0.3) is 0 Å². The molecule has 148 valence electrons. The van der Waals surface area contributed by atoms with E-state index in [0.29, 0.717) is 22.5 Å². The number of hydrogen-bond donors (Lipinski definition) is 1. The molecule has 3 rings (SSSR count). The van der Waals surface area contributed by atoms with E-state index in [1.807, 2.05) is 30.3 Å². The molecule has 0 radical (unpaired) electrons. The molecule has 2 N–H and O–H groups in total. The molecule has 2 aromatic carbocycles. The van der Waals surface area contributed by atoms with E-state index in [1.54, 1.807) is 36.1 Å². The number of benzene rings is 2. The van der Waals surface area contributed by atoms with E-state index in [4.69, 9.17) is 22.7 Å². The van der Waals surface area contributed by atoms with E-state index in [9.17, 15) is 4.79 Å². The largest absolute Gasteiger partial charge is 0.335 e. The summed E-state index contributed by atoms with van der Waals surface area (Å²) in [6.07, 6.45) is 0.242. The second-order valence-corrected chi connectivity index (χ2v) is 7.92. The highest BCUT2D eigenvalue weighted by Gasteiger charge is 2.25. The summed E-state index contributed by atoms with van der Waals surface area (Å²) in [5, 5.41) is 17.8. The number of nitrogens with two attached hydrogens (primary N) is 1. The second kappa shape index (κ2) is 9.45. The highest BCUT2D eigenvalue weighted by Crippen LogP contribution is 2.27. The first-order valence-corrected chi connectivity index (χ1v) is 10.1. The monoisotopic (exact) mass is 426 g/mol. The Morgan fingerprint density at radius 1 is 1.24 bits per heavy atom.